The van der Waals surface area contributed by atoms with Crippen molar-refractivity contribution in [2.45, 2.75) is 52.6 Å². The van der Waals surface area contributed by atoms with Crippen LogP contribution >= 0.6 is 0 Å². The van der Waals surface area contributed by atoms with E-state index in [0.29, 0.717) is 11.3 Å². The van der Waals surface area contributed by atoms with Crippen LogP contribution in [-0.4, -0.2) is 24.8 Å². The predicted octanol–water partition coefficient (Wildman–Crippen LogP) is 3.87. The molecule has 0 saturated heterocycles. The number of nitrogens with zero attached hydrogens (tertiary/aromatic N) is 1. The maximum atomic E-state index is 10.3. The third-order valence-corrected chi connectivity index (χ3v) is 4.77. The minimum Gasteiger partial charge on any atom is -0.393 e. The largest absolute Gasteiger partial charge is 0.393 e. The van der Waals surface area contributed by atoms with E-state index < -0.39 is 0 Å². The first-order valence-corrected chi connectivity index (χ1v) is 7.89. The van der Waals surface area contributed by atoms with Crippen molar-refractivity contribution >= 4 is 5.69 Å². The molecule has 2 atom stereocenters. The highest BCUT2D eigenvalue weighted by Crippen LogP contribution is 2.39. The van der Waals surface area contributed by atoms with Gasteiger partial charge in [0.05, 0.1) is 6.10 Å². The van der Waals surface area contributed by atoms with Gasteiger partial charge < -0.3 is 10.0 Å². The lowest BCUT2D eigenvalue weighted by Gasteiger charge is -2.40. The van der Waals surface area contributed by atoms with Crippen molar-refractivity contribution in [3.8, 4) is 0 Å². The van der Waals surface area contributed by atoms with Gasteiger partial charge in [-0.05, 0) is 48.8 Å². The van der Waals surface area contributed by atoms with E-state index in [1.165, 1.54) is 11.3 Å². The zero-order valence-electron chi connectivity index (χ0n) is 13.4. The second-order valence-corrected chi connectivity index (χ2v) is 7.13. The van der Waals surface area contributed by atoms with E-state index in [9.17, 15) is 5.11 Å². The molecule has 2 heteroatoms. The molecule has 1 fully saturated rings. The Kier molecular flexibility index (Phi) is 4.74. The summed E-state index contributed by atoms with van der Waals surface area (Å²) in [4.78, 5) is 2.29. The van der Waals surface area contributed by atoms with Crippen LogP contribution in [-0.2, 0) is 6.42 Å². The monoisotopic (exact) mass is 275 g/mol. The van der Waals surface area contributed by atoms with Crippen LogP contribution < -0.4 is 4.90 Å². The molecular weight excluding hydrogens is 246 g/mol. The summed E-state index contributed by atoms with van der Waals surface area (Å²) in [6.07, 6.45) is 4.14. The fraction of sp³-hybridized carbons (Fsp3) is 0.667. The van der Waals surface area contributed by atoms with Crippen LogP contribution in [0.1, 0.15) is 45.6 Å². The molecule has 0 aromatic heterocycles. The second-order valence-electron chi connectivity index (χ2n) is 7.13. The number of aliphatic hydroxyl groups is 1. The smallest absolute Gasteiger partial charge is 0.0585 e. The zero-order valence-corrected chi connectivity index (χ0v) is 13.4. The van der Waals surface area contributed by atoms with Crippen LogP contribution in [0.3, 0.4) is 0 Å². The van der Waals surface area contributed by atoms with Gasteiger partial charge in [0, 0.05) is 25.2 Å². The summed E-state index contributed by atoms with van der Waals surface area (Å²) in [5.41, 5.74) is 3.00. The predicted molar refractivity (Wildman–Crippen MR) is 86.2 cm³/mol. The summed E-state index contributed by atoms with van der Waals surface area (Å²) >= 11 is 0. The van der Waals surface area contributed by atoms with Crippen molar-refractivity contribution < 1.29 is 5.11 Å². The molecular formula is C18H29NO. The first-order valence-electron chi connectivity index (χ1n) is 7.89. The van der Waals surface area contributed by atoms with E-state index >= 15 is 0 Å². The van der Waals surface area contributed by atoms with Gasteiger partial charge in [0.2, 0.25) is 0 Å². The third kappa shape index (κ3) is 3.76. The highest BCUT2D eigenvalue weighted by molar-refractivity contribution is 5.47. The van der Waals surface area contributed by atoms with Crippen molar-refractivity contribution in [1.82, 2.24) is 0 Å². The maximum Gasteiger partial charge on any atom is 0.0585 e. The fourth-order valence-electron chi connectivity index (χ4n) is 3.35. The van der Waals surface area contributed by atoms with Crippen LogP contribution in [0, 0.1) is 11.3 Å². The van der Waals surface area contributed by atoms with Crippen LogP contribution in [0.5, 0.6) is 0 Å². The SMILES string of the molecule is CCc1ccc(N(C)CC2CC(C)(C)CCC2O)cc1. The number of aryl methyl sites for hydroxylation is 1. The molecule has 2 rings (SSSR count). The summed E-state index contributed by atoms with van der Waals surface area (Å²) < 4.78 is 0. The number of rotatable bonds is 4. The lowest BCUT2D eigenvalue weighted by Crippen LogP contribution is -2.40. The van der Waals surface area contributed by atoms with Gasteiger partial charge in [0.15, 0.2) is 0 Å². The maximum absolute atomic E-state index is 10.3. The Morgan fingerprint density at radius 3 is 2.50 bits per heavy atom. The summed E-state index contributed by atoms with van der Waals surface area (Å²) in [6, 6.07) is 8.79. The molecule has 2 unspecified atom stereocenters. The third-order valence-electron chi connectivity index (χ3n) is 4.77. The van der Waals surface area contributed by atoms with E-state index in [1.807, 2.05) is 0 Å². The lowest BCUT2D eigenvalue weighted by molar-refractivity contribution is 0.0254. The van der Waals surface area contributed by atoms with Crippen LogP contribution in [0.2, 0.25) is 0 Å². The molecule has 1 saturated carbocycles. The van der Waals surface area contributed by atoms with E-state index in [2.05, 4.69) is 57.0 Å². The van der Waals surface area contributed by atoms with Crippen molar-refractivity contribution in [2.75, 3.05) is 18.5 Å². The molecule has 2 nitrogen and oxygen atoms in total. The lowest BCUT2D eigenvalue weighted by atomic mass is 9.71. The molecule has 0 bridgehead atoms. The molecule has 1 N–H and O–H groups in total. The topological polar surface area (TPSA) is 23.5 Å². The van der Waals surface area contributed by atoms with Gasteiger partial charge in [-0.2, -0.15) is 0 Å². The van der Waals surface area contributed by atoms with Gasteiger partial charge in [-0.1, -0.05) is 32.9 Å². The van der Waals surface area contributed by atoms with Crippen LogP contribution in [0.25, 0.3) is 0 Å². The number of hydrogen-bond acceptors (Lipinski definition) is 2. The molecule has 1 aromatic rings. The summed E-state index contributed by atoms with van der Waals surface area (Å²) in [5.74, 6) is 0.384. The van der Waals surface area contributed by atoms with Gasteiger partial charge in [-0.3, -0.25) is 0 Å². The Morgan fingerprint density at radius 2 is 1.90 bits per heavy atom. The summed E-state index contributed by atoms with van der Waals surface area (Å²) in [6.45, 7) is 7.76. The molecule has 1 aromatic carbocycles. The molecule has 0 aliphatic heterocycles. The van der Waals surface area contributed by atoms with E-state index in [1.54, 1.807) is 0 Å². The Morgan fingerprint density at radius 1 is 1.25 bits per heavy atom. The van der Waals surface area contributed by atoms with E-state index in [0.717, 1.165) is 32.2 Å². The summed E-state index contributed by atoms with van der Waals surface area (Å²) in [5, 5.41) is 10.3. The quantitative estimate of drug-likeness (QED) is 0.901. The second kappa shape index (κ2) is 6.17. The number of hydrogen-bond donors (Lipinski definition) is 1. The Balaban J connectivity index is 2.00. The number of aliphatic hydroxyl groups excluding tert-OH is 1. The molecule has 112 valence electrons. The number of benzene rings is 1. The summed E-state index contributed by atoms with van der Waals surface area (Å²) in [7, 11) is 2.13. The van der Waals surface area contributed by atoms with Crippen LogP contribution in [0.15, 0.2) is 24.3 Å². The Hall–Kier alpha value is -1.02. The molecule has 0 spiro atoms. The average molecular weight is 275 g/mol. The number of anilines is 1. The van der Waals surface area contributed by atoms with Crippen molar-refractivity contribution in [3.63, 3.8) is 0 Å². The highest BCUT2D eigenvalue weighted by Gasteiger charge is 2.34. The highest BCUT2D eigenvalue weighted by atomic mass is 16.3. The van der Waals surface area contributed by atoms with Gasteiger partial charge in [-0.15, -0.1) is 0 Å². The Bertz CT molecular complexity index is 424. The standard InChI is InChI=1S/C18H29NO/c1-5-14-6-8-16(9-7-14)19(4)13-15-12-18(2,3)11-10-17(15)20/h6-9,15,17,20H,5,10-13H2,1-4H3. The van der Waals surface area contributed by atoms with Crippen molar-refractivity contribution in [3.05, 3.63) is 29.8 Å². The normalized spacial score (nSPS) is 25.4. The minimum atomic E-state index is -0.139. The Labute approximate surface area is 123 Å². The first-order chi connectivity index (χ1) is 9.41. The van der Waals surface area contributed by atoms with Crippen molar-refractivity contribution in [2.24, 2.45) is 11.3 Å². The fourth-order valence-corrected chi connectivity index (χ4v) is 3.35. The van der Waals surface area contributed by atoms with Crippen molar-refractivity contribution in [1.29, 1.82) is 0 Å². The van der Waals surface area contributed by atoms with E-state index in [4.69, 9.17) is 0 Å². The minimum absolute atomic E-state index is 0.139. The van der Waals surface area contributed by atoms with E-state index in [-0.39, 0.29) is 6.10 Å². The van der Waals surface area contributed by atoms with Gasteiger partial charge in [-0.25, -0.2) is 0 Å². The zero-order chi connectivity index (χ0) is 14.8. The molecule has 0 radical (unpaired) electrons. The van der Waals surface area contributed by atoms with Crippen LogP contribution in [0.4, 0.5) is 5.69 Å². The molecule has 1 aliphatic carbocycles. The molecule has 1 aliphatic rings. The first kappa shape index (κ1) is 15.4. The molecule has 20 heavy (non-hydrogen) atoms. The molecule has 0 heterocycles. The van der Waals surface area contributed by atoms with Gasteiger partial charge in [0.1, 0.15) is 0 Å². The molecule has 0 amide bonds. The van der Waals surface area contributed by atoms with Gasteiger partial charge in [0.25, 0.3) is 0 Å². The van der Waals surface area contributed by atoms with Gasteiger partial charge >= 0.3 is 0 Å². The average Bonchev–Trinajstić information content (AvgIpc) is 2.43.